The van der Waals surface area contributed by atoms with Crippen LogP contribution in [0.15, 0.2) is 24.3 Å². The molecule has 3 nitrogen and oxygen atoms in total. The molecule has 0 amide bonds. The topological polar surface area (TPSA) is 21.7 Å². The Bertz CT molecular complexity index is 760. The van der Waals surface area contributed by atoms with Crippen LogP contribution in [0.1, 0.15) is 58.9 Å². The van der Waals surface area contributed by atoms with E-state index in [1.165, 1.54) is 43.5 Å². The van der Waals surface area contributed by atoms with Gasteiger partial charge in [0.2, 0.25) is 0 Å². The Hall–Kier alpha value is -0.805. The van der Waals surface area contributed by atoms with Gasteiger partial charge in [-0.25, -0.2) is 0 Å². The van der Waals surface area contributed by atoms with Crippen LogP contribution in [-0.2, 0) is 9.31 Å². The Labute approximate surface area is 169 Å². The molecule has 0 radical (unpaired) electrons. The molecular weight excluding hydrogens is 357 g/mol. The zero-order valence-electron chi connectivity index (χ0n) is 17.3. The summed E-state index contributed by atoms with van der Waals surface area (Å²) in [5.41, 5.74) is 3.39. The predicted molar refractivity (Wildman–Crippen MR) is 114 cm³/mol. The van der Waals surface area contributed by atoms with Gasteiger partial charge >= 0.3 is 7.12 Å². The third kappa shape index (κ3) is 3.50. The highest BCUT2D eigenvalue weighted by Crippen LogP contribution is 2.45. The SMILES string of the molecule is CN1CCC2(CC=C(c3ccc(B4OC(C)(C)C(C)(C)O4)c(Cl)c3)CC2)C1. The number of rotatable bonds is 2. The highest BCUT2D eigenvalue weighted by atomic mass is 35.5. The summed E-state index contributed by atoms with van der Waals surface area (Å²) in [5.74, 6) is 0. The second-order valence-electron chi connectivity index (χ2n) is 9.75. The molecule has 0 aromatic heterocycles. The second-order valence-corrected chi connectivity index (χ2v) is 10.2. The van der Waals surface area contributed by atoms with Gasteiger partial charge < -0.3 is 14.2 Å². The highest BCUT2D eigenvalue weighted by Gasteiger charge is 2.52. The molecule has 4 rings (SSSR count). The summed E-state index contributed by atoms with van der Waals surface area (Å²) in [6.07, 6.45) is 7.38. The molecule has 1 aliphatic carbocycles. The van der Waals surface area contributed by atoms with E-state index in [4.69, 9.17) is 20.9 Å². The standard InChI is InChI=1S/C22H31BClNO2/c1-20(2)21(3,4)27-23(26-20)18-7-6-17(14-19(18)24)16-8-10-22(11-9-16)12-13-25(5)15-22/h6-8,14H,9-13,15H2,1-5H3. The van der Waals surface area contributed by atoms with Crippen LogP contribution in [0.2, 0.25) is 5.02 Å². The van der Waals surface area contributed by atoms with E-state index in [0.717, 1.165) is 16.9 Å². The van der Waals surface area contributed by atoms with Crippen molar-refractivity contribution in [3.05, 3.63) is 34.9 Å². The molecule has 0 saturated carbocycles. The summed E-state index contributed by atoms with van der Waals surface area (Å²) < 4.78 is 12.3. The zero-order chi connectivity index (χ0) is 19.4. The van der Waals surface area contributed by atoms with Gasteiger partial charge in [0.15, 0.2) is 0 Å². The Kier molecular flexibility index (Phi) is 4.78. The molecule has 2 fully saturated rings. The van der Waals surface area contributed by atoms with Crippen molar-refractivity contribution in [3.63, 3.8) is 0 Å². The number of allylic oxidation sites excluding steroid dienone is 2. The molecule has 1 unspecified atom stereocenters. The maximum Gasteiger partial charge on any atom is 0.496 e. The van der Waals surface area contributed by atoms with Crippen LogP contribution in [0.5, 0.6) is 0 Å². The van der Waals surface area contributed by atoms with Gasteiger partial charge in [0.1, 0.15) is 0 Å². The molecule has 1 spiro atoms. The van der Waals surface area contributed by atoms with Crippen LogP contribution < -0.4 is 5.46 Å². The summed E-state index contributed by atoms with van der Waals surface area (Å²) in [4.78, 5) is 2.47. The maximum atomic E-state index is 6.66. The van der Waals surface area contributed by atoms with Crippen LogP contribution in [0, 0.1) is 5.41 Å². The van der Waals surface area contributed by atoms with Gasteiger partial charge in [0, 0.05) is 17.0 Å². The lowest BCUT2D eigenvalue weighted by atomic mass is 9.73. The number of benzene rings is 1. The van der Waals surface area contributed by atoms with Crippen molar-refractivity contribution in [2.45, 2.75) is 64.6 Å². The molecule has 27 heavy (non-hydrogen) atoms. The Morgan fingerprint density at radius 1 is 1.07 bits per heavy atom. The lowest BCUT2D eigenvalue weighted by molar-refractivity contribution is 0.00578. The van der Waals surface area contributed by atoms with E-state index in [2.05, 4.69) is 63.9 Å². The van der Waals surface area contributed by atoms with E-state index in [-0.39, 0.29) is 11.2 Å². The minimum atomic E-state index is -0.408. The van der Waals surface area contributed by atoms with Gasteiger partial charge in [-0.15, -0.1) is 0 Å². The summed E-state index contributed by atoms with van der Waals surface area (Å²) in [6, 6.07) is 6.34. The molecule has 2 saturated heterocycles. The van der Waals surface area contributed by atoms with E-state index in [1.54, 1.807) is 0 Å². The van der Waals surface area contributed by atoms with E-state index >= 15 is 0 Å². The molecule has 0 bridgehead atoms. The van der Waals surface area contributed by atoms with Gasteiger partial charge in [0.25, 0.3) is 0 Å². The second kappa shape index (κ2) is 6.62. The van der Waals surface area contributed by atoms with Gasteiger partial charge in [0.05, 0.1) is 11.2 Å². The molecule has 2 heterocycles. The monoisotopic (exact) mass is 387 g/mol. The van der Waals surface area contributed by atoms with Crippen LogP contribution in [-0.4, -0.2) is 43.4 Å². The molecule has 5 heteroatoms. The number of halogens is 1. The zero-order valence-corrected chi connectivity index (χ0v) is 18.0. The van der Waals surface area contributed by atoms with Crippen LogP contribution in [0.3, 0.4) is 0 Å². The van der Waals surface area contributed by atoms with E-state index in [0.29, 0.717) is 5.41 Å². The fraction of sp³-hybridized carbons (Fsp3) is 0.636. The number of hydrogen-bond acceptors (Lipinski definition) is 3. The lowest BCUT2D eigenvalue weighted by Crippen LogP contribution is -2.41. The minimum Gasteiger partial charge on any atom is -0.399 e. The van der Waals surface area contributed by atoms with Gasteiger partial charge in [-0.05, 0) is 89.6 Å². The van der Waals surface area contributed by atoms with Crippen LogP contribution in [0.4, 0.5) is 0 Å². The van der Waals surface area contributed by atoms with E-state index < -0.39 is 7.12 Å². The fourth-order valence-corrected chi connectivity index (χ4v) is 4.89. The summed E-state index contributed by atoms with van der Waals surface area (Å²) >= 11 is 6.66. The third-order valence-corrected chi connectivity index (χ3v) is 7.54. The smallest absolute Gasteiger partial charge is 0.399 e. The van der Waals surface area contributed by atoms with E-state index in [9.17, 15) is 0 Å². The van der Waals surface area contributed by atoms with E-state index in [1.807, 2.05) is 0 Å². The molecule has 146 valence electrons. The average Bonchev–Trinajstić information content (AvgIpc) is 3.04. The first-order valence-electron chi connectivity index (χ1n) is 10.1. The Balaban J connectivity index is 1.52. The van der Waals surface area contributed by atoms with Crippen molar-refractivity contribution < 1.29 is 9.31 Å². The molecule has 0 N–H and O–H groups in total. The van der Waals surface area contributed by atoms with Crippen molar-refractivity contribution in [2.24, 2.45) is 5.41 Å². The molecule has 1 atom stereocenters. The van der Waals surface area contributed by atoms with Crippen molar-refractivity contribution in [1.29, 1.82) is 0 Å². The molecule has 1 aromatic rings. The molecule has 1 aromatic carbocycles. The van der Waals surface area contributed by atoms with Gasteiger partial charge in [-0.1, -0.05) is 29.8 Å². The van der Waals surface area contributed by atoms with Gasteiger partial charge in [-0.2, -0.15) is 0 Å². The summed E-state index contributed by atoms with van der Waals surface area (Å²) in [5, 5.41) is 0.729. The average molecular weight is 388 g/mol. The largest absolute Gasteiger partial charge is 0.496 e. The number of likely N-dealkylation sites (tertiary alicyclic amines) is 1. The Morgan fingerprint density at radius 2 is 1.78 bits per heavy atom. The molecule has 2 aliphatic heterocycles. The van der Waals surface area contributed by atoms with Crippen molar-refractivity contribution in [2.75, 3.05) is 20.1 Å². The maximum absolute atomic E-state index is 6.66. The van der Waals surface area contributed by atoms with Crippen LogP contribution >= 0.6 is 11.6 Å². The quantitative estimate of drug-likeness (QED) is 0.696. The highest BCUT2D eigenvalue weighted by molar-refractivity contribution is 6.65. The fourth-order valence-electron chi connectivity index (χ4n) is 4.62. The summed E-state index contributed by atoms with van der Waals surface area (Å²) in [6.45, 7) is 10.7. The molecule has 3 aliphatic rings. The lowest BCUT2D eigenvalue weighted by Gasteiger charge is -2.32. The van der Waals surface area contributed by atoms with Gasteiger partial charge in [-0.3, -0.25) is 0 Å². The van der Waals surface area contributed by atoms with Crippen molar-refractivity contribution in [1.82, 2.24) is 4.90 Å². The summed E-state index contributed by atoms with van der Waals surface area (Å²) in [7, 11) is 1.83. The molecular formula is C22H31BClNO2. The number of hydrogen-bond donors (Lipinski definition) is 0. The Morgan fingerprint density at radius 3 is 2.30 bits per heavy atom. The minimum absolute atomic E-state index is 0.353. The predicted octanol–water partition coefficient (Wildman–Crippen LogP) is 4.53. The normalized spacial score (nSPS) is 30.1. The third-order valence-electron chi connectivity index (χ3n) is 7.21. The first-order chi connectivity index (χ1) is 12.6. The first kappa shape index (κ1) is 19.5. The number of nitrogens with zero attached hydrogens (tertiary/aromatic N) is 1. The van der Waals surface area contributed by atoms with Crippen molar-refractivity contribution in [3.8, 4) is 0 Å². The van der Waals surface area contributed by atoms with Crippen LogP contribution in [0.25, 0.3) is 5.57 Å². The van der Waals surface area contributed by atoms with Crippen molar-refractivity contribution >= 4 is 29.8 Å². The first-order valence-corrected chi connectivity index (χ1v) is 10.5.